The zero-order valence-electron chi connectivity index (χ0n) is 12.2. The minimum atomic E-state index is -4.43. The summed E-state index contributed by atoms with van der Waals surface area (Å²) in [5, 5.41) is 12.5. The van der Waals surface area contributed by atoms with Crippen molar-refractivity contribution in [2.24, 2.45) is 5.73 Å². The average molecular weight is 312 g/mol. The first-order valence-electron chi connectivity index (χ1n) is 7.25. The smallest absolute Gasteiger partial charge is 0.370 e. The molecule has 2 rings (SSSR count). The van der Waals surface area contributed by atoms with Gasteiger partial charge in [0.1, 0.15) is 6.07 Å². The van der Waals surface area contributed by atoms with Crippen molar-refractivity contribution in [3.63, 3.8) is 0 Å². The van der Waals surface area contributed by atoms with Crippen LogP contribution >= 0.6 is 0 Å². The fourth-order valence-electron chi connectivity index (χ4n) is 2.69. The Kier molecular flexibility index (Phi) is 5.27. The standard InChI is InChI=1S/C15H19F3N4/c16-15(17,18)12-1-2-14(11(9-12)10-20)22-7-3-13(4-8-22)21-6-5-19/h1-2,9,13,21H,3-8,19H2. The number of hydrogen-bond donors (Lipinski definition) is 2. The quantitative estimate of drug-likeness (QED) is 0.893. The number of benzene rings is 1. The molecule has 0 aromatic heterocycles. The van der Waals surface area contributed by atoms with Gasteiger partial charge in [0.25, 0.3) is 0 Å². The van der Waals surface area contributed by atoms with Gasteiger partial charge in [-0.3, -0.25) is 0 Å². The SMILES string of the molecule is N#Cc1cc(C(F)(F)F)ccc1N1CCC(NCCN)CC1. The summed E-state index contributed by atoms with van der Waals surface area (Å²) in [7, 11) is 0. The van der Waals surface area contributed by atoms with Gasteiger partial charge in [0, 0.05) is 32.2 Å². The molecule has 0 spiro atoms. The van der Waals surface area contributed by atoms with Gasteiger partial charge in [-0.25, -0.2) is 0 Å². The predicted octanol–water partition coefficient (Wildman–Crippen LogP) is 2.09. The third-order valence-corrected chi connectivity index (χ3v) is 3.86. The van der Waals surface area contributed by atoms with Crippen molar-refractivity contribution in [2.75, 3.05) is 31.1 Å². The van der Waals surface area contributed by atoms with Crippen molar-refractivity contribution >= 4 is 5.69 Å². The van der Waals surface area contributed by atoms with E-state index in [2.05, 4.69) is 5.32 Å². The fourth-order valence-corrected chi connectivity index (χ4v) is 2.69. The van der Waals surface area contributed by atoms with Crippen LogP contribution < -0.4 is 16.0 Å². The highest BCUT2D eigenvalue weighted by molar-refractivity contribution is 5.61. The first-order chi connectivity index (χ1) is 10.5. The van der Waals surface area contributed by atoms with Crippen LogP contribution in [-0.2, 0) is 6.18 Å². The number of anilines is 1. The van der Waals surface area contributed by atoms with Gasteiger partial charge in [0.15, 0.2) is 0 Å². The highest BCUT2D eigenvalue weighted by Gasteiger charge is 2.31. The summed E-state index contributed by atoms with van der Waals surface area (Å²) in [4.78, 5) is 1.97. The van der Waals surface area contributed by atoms with Crippen LogP contribution in [0.3, 0.4) is 0 Å². The Bertz CT molecular complexity index is 543. The van der Waals surface area contributed by atoms with Crippen LogP contribution in [0.2, 0.25) is 0 Å². The molecule has 4 nitrogen and oxygen atoms in total. The minimum absolute atomic E-state index is 0.0724. The molecule has 0 unspecified atom stereocenters. The van der Waals surface area contributed by atoms with E-state index in [1.165, 1.54) is 6.07 Å². The summed E-state index contributed by atoms with van der Waals surface area (Å²) in [5.74, 6) is 0. The number of alkyl halides is 3. The molecular formula is C15H19F3N4. The Morgan fingerprint density at radius 2 is 2.00 bits per heavy atom. The molecule has 1 saturated heterocycles. The largest absolute Gasteiger partial charge is 0.416 e. The van der Waals surface area contributed by atoms with Gasteiger partial charge in [-0.05, 0) is 31.0 Å². The summed E-state index contributed by atoms with van der Waals surface area (Å²) in [6.07, 6.45) is -2.67. The van der Waals surface area contributed by atoms with Gasteiger partial charge in [-0.2, -0.15) is 18.4 Å². The van der Waals surface area contributed by atoms with Gasteiger partial charge in [0.2, 0.25) is 0 Å². The van der Waals surface area contributed by atoms with E-state index in [1.807, 2.05) is 11.0 Å². The maximum Gasteiger partial charge on any atom is 0.416 e. The molecule has 1 aliphatic heterocycles. The van der Waals surface area contributed by atoms with Crippen LogP contribution in [0.5, 0.6) is 0 Å². The summed E-state index contributed by atoms with van der Waals surface area (Å²) in [6.45, 7) is 2.76. The highest BCUT2D eigenvalue weighted by atomic mass is 19.4. The van der Waals surface area contributed by atoms with Crippen LogP contribution in [0.1, 0.15) is 24.0 Å². The number of piperidine rings is 1. The van der Waals surface area contributed by atoms with Crippen molar-refractivity contribution in [2.45, 2.75) is 25.1 Å². The molecular weight excluding hydrogens is 293 g/mol. The molecule has 1 heterocycles. The molecule has 120 valence electrons. The van der Waals surface area contributed by atoms with E-state index in [9.17, 15) is 13.2 Å². The van der Waals surface area contributed by atoms with Crippen LogP contribution in [0.25, 0.3) is 0 Å². The molecule has 1 fully saturated rings. The van der Waals surface area contributed by atoms with Gasteiger partial charge in [-0.1, -0.05) is 0 Å². The highest BCUT2D eigenvalue weighted by Crippen LogP contribution is 2.33. The topological polar surface area (TPSA) is 65.1 Å². The van der Waals surface area contributed by atoms with E-state index in [0.29, 0.717) is 31.4 Å². The molecule has 0 saturated carbocycles. The lowest BCUT2D eigenvalue weighted by atomic mass is 10.0. The second-order valence-electron chi connectivity index (χ2n) is 5.35. The number of rotatable bonds is 4. The molecule has 7 heteroatoms. The van der Waals surface area contributed by atoms with E-state index in [0.717, 1.165) is 31.5 Å². The normalized spacial score (nSPS) is 16.6. The molecule has 1 aliphatic rings. The van der Waals surface area contributed by atoms with Gasteiger partial charge >= 0.3 is 6.18 Å². The van der Waals surface area contributed by atoms with Crippen molar-refractivity contribution in [3.8, 4) is 6.07 Å². The van der Waals surface area contributed by atoms with Crippen LogP contribution in [0.15, 0.2) is 18.2 Å². The predicted molar refractivity (Wildman–Crippen MR) is 78.5 cm³/mol. The molecule has 0 bridgehead atoms. The maximum absolute atomic E-state index is 12.7. The van der Waals surface area contributed by atoms with Gasteiger partial charge in [0.05, 0.1) is 16.8 Å². The first-order valence-corrected chi connectivity index (χ1v) is 7.25. The lowest BCUT2D eigenvalue weighted by Gasteiger charge is -2.34. The van der Waals surface area contributed by atoms with Crippen LogP contribution in [0, 0.1) is 11.3 Å². The van der Waals surface area contributed by atoms with Crippen molar-refractivity contribution in [1.82, 2.24) is 5.32 Å². The molecule has 1 aromatic rings. The Morgan fingerprint density at radius 1 is 1.32 bits per heavy atom. The second kappa shape index (κ2) is 6.99. The summed E-state index contributed by atoms with van der Waals surface area (Å²) in [5.41, 5.74) is 5.31. The Labute approximate surface area is 127 Å². The van der Waals surface area contributed by atoms with Gasteiger partial charge < -0.3 is 16.0 Å². The minimum Gasteiger partial charge on any atom is -0.370 e. The molecule has 22 heavy (non-hydrogen) atoms. The summed E-state index contributed by atoms with van der Waals surface area (Å²) in [6, 6.07) is 5.61. The number of hydrogen-bond acceptors (Lipinski definition) is 4. The zero-order chi connectivity index (χ0) is 16.2. The Morgan fingerprint density at radius 3 is 2.55 bits per heavy atom. The number of nitrogens with two attached hydrogens (primary N) is 1. The van der Waals surface area contributed by atoms with Crippen molar-refractivity contribution < 1.29 is 13.2 Å². The maximum atomic E-state index is 12.7. The molecule has 0 radical (unpaired) electrons. The van der Waals surface area contributed by atoms with Crippen molar-refractivity contribution in [3.05, 3.63) is 29.3 Å². The van der Waals surface area contributed by atoms with E-state index in [4.69, 9.17) is 11.0 Å². The zero-order valence-corrected chi connectivity index (χ0v) is 12.2. The average Bonchev–Trinajstić information content (AvgIpc) is 2.52. The summed E-state index contributed by atoms with van der Waals surface area (Å²) < 4.78 is 38.1. The second-order valence-corrected chi connectivity index (χ2v) is 5.35. The Hall–Kier alpha value is -1.78. The lowest BCUT2D eigenvalue weighted by Crippen LogP contribution is -2.44. The lowest BCUT2D eigenvalue weighted by molar-refractivity contribution is -0.137. The van der Waals surface area contributed by atoms with E-state index < -0.39 is 11.7 Å². The van der Waals surface area contributed by atoms with E-state index >= 15 is 0 Å². The van der Waals surface area contributed by atoms with E-state index in [1.54, 1.807) is 0 Å². The molecule has 0 atom stereocenters. The third-order valence-electron chi connectivity index (χ3n) is 3.86. The van der Waals surface area contributed by atoms with Crippen LogP contribution in [0.4, 0.5) is 18.9 Å². The third kappa shape index (κ3) is 3.90. The molecule has 3 N–H and O–H groups in total. The fraction of sp³-hybridized carbons (Fsp3) is 0.533. The molecule has 1 aromatic carbocycles. The van der Waals surface area contributed by atoms with E-state index in [-0.39, 0.29) is 5.56 Å². The molecule has 0 amide bonds. The molecule has 0 aliphatic carbocycles. The first kappa shape index (κ1) is 16.6. The Balaban J connectivity index is 2.09. The monoisotopic (exact) mass is 312 g/mol. The number of nitriles is 1. The van der Waals surface area contributed by atoms with Crippen molar-refractivity contribution in [1.29, 1.82) is 5.26 Å². The van der Waals surface area contributed by atoms with Gasteiger partial charge in [-0.15, -0.1) is 0 Å². The number of halogens is 3. The number of nitrogens with zero attached hydrogens (tertiary/aromatic N) is 2. The number of nitrogens with one attached hydrogen (secondary N) is 1. The summed E-state index contributed by atoms with van der Waals surface area (Å²) >= 11 is 0. The van der Waals surface area contributed by atoms with Crippen LogP contribution in [-0.4, -0.2) is 32.2 Å².